The standard InChI is InChI=1S/C14H21ClN2O/c1-2-16-10-11-3-4-14(13(15)9-11)17-7-5-12(18)6-8-17/h3-4,9,12,16,18H,2,5-8,10H2,1H3. The van der Waals surface area contributed by atoms with Crippen molar-refractivity contribution >= 4 is 17.3 Å². The highest BCUT2D eigenvalue weighted by molar-refractivity contribution is 6.33. The average Bonchev–Trinajstić information content (AvgIpc) is 2.38. The van der Waals surface area contributed by atoms with Crippen LogP contribution >= 0.6 is 11.6 Å². The van der Waals surface area contributed by atoms with E-state index in [1.165, 1.54) is 5.56 Å². The maximum atomic E-state index is 9.52. The van der Waals surface area contributed by atoms with E-state index < -0.39 is 0 Å². The highest BCUT2D eigenvalue weighted by Gasteiger charge is 2.18. The number of nitrogens with one attached hydrogen (secondary N) is 1. The Morgan fingerprint density at radius 2 is 2.11 bits per heavy atom. The molecule has 100 valence electrons. The maximum Gasteiger partial charge on any atom is 0.0642 e. The van der Waals surface area contributed by atoms with Crippen molar-refractivity contribution in [3.05, 3.63) is 28.8 Å². The van der Waals surface area contributed by atoms with E-state index in [-0.39, 0.29) is 6.10 Å². The number of benzene rings is 1. The molecule has 2 rings (SSSR count). The van der Waals surface area contributed by atoms with Gasteiger partial charge in [-0.25, -0.2) is 0 Å². The normalized spacial score (nSPS) is 17.2. The highest BCUT2D eigenvalue weighted by Crippen LogP contribution is 2.29. The summed E-state index contributed by atoms with van der Waals surface area (Å²) in [6.07, 6.45) is 1.51. The SMILES string of the molecule is CCNCc1ccc(N2CCC(O)CC2)c(Cl)c1. The Labute approximate surface area is 114 Å². The summed E-state index contributed by atoms with van der Waals surface area (Å²) in [7, 11) is 0. The van der Waals surface area contributed by atoms with Gasteiger partial charge in [-0.3, -0.25) is 0 Å². The zero-order valence-electron chi connectivity index (χ0n) is 10.8. The van der Waals surface area contributed by atoms with E-state index in [2.05, 4.69) is 29.3 Å². The first-order chi connectivity index (χ1) is 8.70. The van der Waals surface area contributed by atoms with Crippen LogP contribution in [0.1, 0.15) is 25.3 Å². The number of aliphatic hydroxyl groups is 1. The molecule has 18 heavy (non-hydrogen) atoms. The summed E-state index contributed by atoms with van der Waals surface area (Å²) < 4.78 is 0. The van der Waals surface area contributed by atoms with E-state index in [0.29, 0.717) is 0 Å². The van der Waals surface area contributed by atoms with Gasteiger partial charge in [0.05, 0.1) is 16.8 Å². The Morgan fingerprint density at radius 3 is 2.72 bits per heavy atom. The van der Waals surface area contributed by atoms with Gasteiger partial charge in [0.1, 0.15) is 0 Å². The molecule has 0 radical (unpaired) electrons. The number of rotatable bonds is 4. The lowest BCUT2D eigenvalue weighted by Crippen LogP contribution is -2.35. The van der Waals surface area contributed by atoms with E-state index >= 15 is 0 Å². The molecular weight excluding hydrogens is 248 g/mol. The van der Waals surface area contributed by atoms with E-state index in [1.54, 1.807) is 0 Å². The lowest BCUT2D eigenvalue weighted by molar-refractivity contribution is 0.145. The van der Waals surface area contributed by atoms with Crippen LogP contribution in [-0.4, -0.2) is 30.8 Å². The Kier molecular flexibility index (Phi) is 4.87. The number of halogens is 1. The highest BCUT2D eigenvalue weighted by atomic mass is 35.5. The molecule has 1 aliphatic rings. The van der Waals surface area contributed by atoms with Gasteiger partial charge >= 0.3 is 0 Å². The van der Waals surface area contributed by atoms with Crippen LogP contribution in [0.5, 0.6) is 0 Å². The molecule has 0 aliphatic carbocycles. The van der Waals surface area contributed by atoms with Gasteiger partial charge in [0.15, 0.2) is 0 Å². The number of nitrogens with zero attached hydrogens (tertiary/aromatic N) is 1. The summed E-state index contributed by atoms with van der Waals surface area (Å²) in [6, 6.07) is 6.24. The molecule has 0 spiro atoms. The molecule has 1 heterocycles. The van der Waals surface area contributed by atoms with Crippen molar-refractivity contribution in [2.24, 2.45) is 0 Å². The summed E-state index contributed by atoms with van der Waals surface area (Å²) in [4.78, 5) is 2.26. The van der Waals surface area contributed by atoms with Crippen LogP contribution in [0.2, 0.25) is 5.02 Å². The van der Waals surface area contributed by atoms with Crippen molar-refractivity contribution in [2.45, 2.75) is 32.4 Å². The van der Waals surface area contributed by atoms with E-state index in [1.807, 2.05) is 6.07 Å². The molecule has 0 unspecified atom stereocenters. The summed E-state index contributed by atoms with van der Waals surface area (Å²) in [5, 5.41) is 13.6. The van der Waals surface area contributed by atoms with Gasteiger partial charge in [-0.05, 0) is 37.1 Å². The molecule has 2 N–H and O–H groups in total. The molecule has 4 heteroatoms. The molecule has 3 nitrogen and oxygen atoms in total. The molecule has 0 bridgehead atoms. The Bertz CT molecular complexity index is 389. The van der Waals surface area contributed by atoms with Crippen molar-refractivity contribution in [2.75, 3.05) is 24.5 Å². The minimum Gasteiger partial charge on any atom is -0.393 e. The second-order valence-corrected chi connectivity index (χ2v) is 5.19. The fourth-order valence-electron chi connectivity index (χ4n) is 2.29. The summed E-state index contributed by atoms with van der Waals surface area (Å²) in [5.41, 5.74) is 2.30. The number of hydrogen-bond donors (Lipinski definition) is 2. The van der Waals surface area contributed by atoms with Gasteiger partial charge < -0.3 is 15.3 Å². The number of aliphatic hydroxyl groups excluding tert-OH is 1. The van der Waals surface area contributed by atoms with Crippen LogP contribution in [0, 0.1) is 0 Å². The van der Waals surface area contributed by atoms with Crippen LogP contribution < -0.4 is 10.2 Å². The fourth-order valence-corrected chi connectivity index (χ4v) is 2.62. The minimum atomic E-state index is -0.145. The molecule has 0 saturated carbocycles. The van der Waals surface area contributed by atoms with Crippen molar-refractivity contribution in [3.63, 3.8) is 0 Å². The zero-order chi connectivity index (χ0) is 13.0. The van der Waals surface area contributed by atoms with Crippen LogP contribution in [0.4, 0.5) is 5.69 Å². The van der Waals surface area contributed by atoms with Gasteiger partial charge in [0, 0.05) is 19.6 Å². The topological polar surface area (TPSA) is 35.5 Å². The summed E-state index contributed by atoms with van der Waals surface area (Å²) in [6.45, 7) is 5.68. The van der Waals surface area contributed by atoms with Crippen LogP contribution in [0.15, 0.2) is 18.2 Å². The quantitative estimate of drug-likeness (QED) is 0.880. The molecule has 0 amide bonds. The molecule has 0 atom stereocenters. The first-order valence-corrected chi connectivity index (χ1v) is 7.00. The van der Waals surface area contributed by atoms with Crippen LogP contribution in [0.3, 0.4) is 0 Å². The van der Waals surface area contributed by atoms with Crippen molar-refractivity contribution in [1.29, 1.82) is 0 Å². The minimum absolute atomic E-state index is 0.145. The first kappa shape index (κ1) is 13.7. The summed E-state index contributed by atoms with van der Waals surface area (Å²) >= 11 is 6.35. The number of hydrogen-bond acceptors (Lipinski definition) is 3. The molecule has 1 fully saturated rings. The monoisotopic (exact) mass is 268 g/mol. The number of piperidine rings is 1. The zero-order valence-corrected chi connectivity index (χ0v) is 11.6. The van der Waals surface area contributed by atoms with Crippen LogP contribution in [0.25, 0.3) is 0 Å². The molecule has 1 aliphatic heterocycles. The van der Waals surface area contributed by atoms with Crippen molar-refractivity contribution in [1.82, 2.24) is 5.32 Å². The lowest BCUT2D eigenvalue weighted by Gasteiger charge is -2.32. The average molecular weight is 269 g/mol. The third kappa shape index (κ3) is 3.37. The van der Waals surface area contributed by atoms with Crippen molar-refractivity contribution < 1.29 is 5.11 Å². The molecule has 1 aromatic carbocycles. The van der Waals surface area contributed by atoms with Crippen molar-refractivity contribution in [3.8, 4) is 0 Å². The largest absolute Gasteiger partial charge is 0.393 e. The van der Waals surface area contributed by atoms with Gasteiger partial charge in [0.2, 0.25) is 0 Å². The molecular formula is C14H21ClN2O. The van der Waals surface area contributed by atoms with Gasteiger partial charge in [-0.1, -0.05) is 24.6 Å². The Hall–Kier alpha value is -0.770. The molecule has 0 aromatic heterocycles. The van der Waals surface area contributed by atoms with Gasteiger partial charge in [-0.15, -0.1) is 0 Å². The third-order valence-electron chi connectivity index (χ3n) is 3.40. The second-order valence-electron chi connectivity index (χ2n) is 4.78. The van der Waals surface area contributed by atoms with E-state index in [9.17, 15) is 5.11 Å². The smallest absolute Gasteiger partial charge is 0.0642 e. The second kappa shape index (κ2) is 6.41. The number of anilines is 1. The molecule has 1 aromatic rings. The third-order valence-corrected chi connectivity index (χ3v) is 3.70. The lowest BCUT2D eigenvalue weighted by atomic mass is 10.1. The van der Waals surface area contributed by atoms with E-state index in [0.717, 1.165) is 49.7 Å². The molecule has 1 saturated heterocycles. The first-order valence-electron chi connectivity index (χ1n) is 6.63. The van der Waals surface area contributed by atoms with E-state index in [4.69, 9.17) is 11.6 Å². The van der Waals surface area contributed by atoms with Crippen LogP contribution in [-0.2, 0) is 6.54 Å². The van der Waals surface area contributed by atoms with Gasteiger partial charge in [0.25, 0.3) is 0 Å². The summed E-state index contributed by atoms with van der Waals surface area (Å²) in [5.74, 6) is 0. The Morgan fingerprint density at radius 1 is 1.39 bits per heavy atom. The fraction of sp³-hybridized carbons (Fsp3) is 0.571. The predicted octanol–water partition coefficient (Wildman–Crippen LogP) is 2.41. The predicted molar refractivity (Wildman–Crippen MR) is 76.3 cm³/mol. The Balaban J connectivity index is 2.05. The maximum absolute atomic E-state index is 9.52. The van der Waals surface area contributed by atoms with Gasteiger partial charge in [-0.2, -0.15) is 0 Å².